The fraction of sp³-hybridized carbons (Fsp3) is 0.227. The van der Waals surface area contributed by atoms with E-state index in [0.29, 0.717) is 5.92 Å². The van der Waals surface area contributed by atoms with Gasteiger partial charge in [-0.25, -0.2) is 0 Å². The first-order chi connectivity index (χ1) is 11.6. The summed E-state index contributed by atoms with van der Waals surface area (Å²) in [6.07, 6.45) is 1.91. The van der Waals surface area contributed by atoms with Gasteiger partial charge in [0.25, 0.3) is 0 Å². The first-order valence-electron chi connectivity index (χ1n) is 8.49. The zero-order valence-corrected chi connectivity index (χ0v) is 14.9. The fourth-order valence-corrected chi connectivity index (χ4v) is 5.62. The molecule has 0 radical (unpaired) electrons. The summed E-state index contributed by atoms with van der Waals surface area (Å²) in [7, 11) is 0. The van der Waals surface area contributed by atoms with Crippen LogP contribution < -0.4 is 0 Å². The van der Waals surface area contributed by atoms with Crippen LogP contribution in [0.25, 0.3) is 22.4 Å². The van der Waals surface area contributed by atoms with E-state index in [1.165, 1.54) is 38.3 Å². The molecule has 0 fully saturated rings. The summed E-state index contributed by atoms with van der Waals surface area (Å²) in [5.41, 5.74) is 9.55. The van der Waals surface area contributed by atoms with Crippen LogP contribution in [-0.2, 0) is 4.75 Å². The summed E-state index contributed by atoms with van der Waals surface area (Å²) >= 11 is 1.98. The van der Waals surface area contributed by atoms with Crippen molar-refractivity contribution < 1.29 is 0 Å². The third-order valence-electron chi connectivity index (χ3n) is 5.41. The Balaban J connectivity index is 1.86. The highest BCUT2D eigenvalue weighted by atomic mass is 32.2. The molecule has 0 bridgehead atoms. The van der Waals surface area contributed by atoms with Crippen molar-refractivity contribution in [3.63, 3.8) is 0 Å². The molecule has 0 amide bonds. The third-order valence-corrected chi connectivity index (χ3v) is 6.70. The molecule has 3 aromatic rings. The number of fused-ring (bicyclic) bond motifs is 7. The number of pyridine rings is 1. The molecule has 0 saturated carbocycles. The van der Waals surface area contributed by atoms with Crippen molar-refractivity contribution in [3.8, 4) is 22.4 Å². The summed E-state index contributed by atoms with van der Waals surface area (Å²) in [4.78, 5) is 6.08. The smallest absolute Gasteiger partial charge is 0.0743 e. The van der Waals surface area contributed by atoms with Gasteiger partial charge >= 0.3 is 0 Å². The molecule has 118 valence electrons. The lowest BCUT2D eigenvalue weighted by Gasteiger charge is -2.35. The van der Waals surface area contributed by atoms with Gasteiger partial charge in [0.2, 0.25) is 0 Å². The van der Waals surface area contributed by atoms with Crippen LogP contribution in [0.5, 0.6) is 0 Å². The van der Waals surface area contributed by atoms with Gasteiger partial charge in [0, 0.05) is 32.9 Å². The number of benzene rings is 2. The summed E-state index contributed by atoms with van der Waals surface area (Å²) in [5, 5.41) is 0. The van der Waals surface area contributed by atoms with Gasteiger partial charge in [0.15, 0.2) is 0 Å². The summed E-state index contributed by atoms with van der Waals surface area (Å²) in [6.45, 7) is 6.97. The van der Waals surface area contributed by atoms with E-state index in [0.717, 1.165) is 5.69 Å². The maximum atomic E-state index is 4.68. The minimum atomic E-state index is 0.102. The predicted octanol–water partition coefficient (Wildman–Crippen LogP) is 6.22. The quantitative estimate of drug-likeness (QED) is 0.485. The maximum absolute atomic E-state index is 4.68. The van der Waals surface area contributed by atoms with E-state index in [1.807, 2.05) is 18.0 Å². The van der Waals surface area contributed by atoms with Crippen molar-refractivity contribution in [1.82, 2.24) is 4.98 Å². The lowest BCUT2D eigenvalue weighted by Crippen LogP contribution is -2.18. The highest BCUT2D eigenvalue weighted by Gasteiger charge is 2.37. The molecule has 1 aliphatic heterocycles. The van der Waals surface area contributed by atoms with Crippen molar-refractivity contribution >= 4 is 11.8 Å². The minimum Gasteiger partial charge on any atom is -0.256 e. The van der Waals surface area contributed by atoms with E-state index in [4.69, 9.17) is 0 Å². The number of nitrogens with zero attached hydrogens (tertiary/aromatic N) is 1. The average Bonchev–Trinajstić information content (AvgIpc) is 2.88. The highest BCUT2D eigenvalue weighted by Crippen LogP contribution is 2.58. The lowest BCUT2D eigenvalue weighted by molar-refractivity contribution is 0.777. The molecular formula is C22H19NS. The van der Waals surface area contributed by atoms with Gasteiger partial charge in [-0.3, -0.25) is 4.98 Å². The molecule has 1 aromatic heterocycles. The van der Waals surface area contributed by atoms with Crippen molar-refractivity contribution in [2.45, 2.75) is 36.3 Å². The Kier molecular flexibility index (Phi) is 2.82. The third kappa shape index (κ3) is 1.75. The number of thioether (sulfide) groups is 1. The number of rotatable bonds is 0. The largest absolute Gasteiger partial charge is 0.256 e. The molecule has 2 aromatic carbocycles. The van der Waals surface area contributed by atoms with Crippen molar-refractivity contribution in [2.24, 2.45) is 0 Å². The number of hydrogen-bond acceptors (Lipinski definition) is 2. The van der Waals surface area contributed by atoms with Gasteiger partial charge in [-0.1, -0.05) is 43.3 Å². The molecule has 24 heavy (non-hydrogen) atoms. The second kappa shape index (κ2) is 4.73. The molecule has 2 heteroatoms. The van der Waals surface area contributed by atoms with Crippen LogP contribution in [0.1, 0.15) is 43.4 Å². The van der Waals surface area contributed by atoms with E-state index in [1.54, 1.807) is 0 Å². The second-order valence-corrected chi connectivity index (χ2v) is 8.89. The zero-order valence-electron chi connectivity index (χ0n) is 14.1. The molecule has 1 aliphatic carbocycles. The first kappa shape index (κ1) is 14.3. The van der Waals surface area contributed by atoms with E-state index in [2.05, 4.69) is 74.3 Å². The van der Waals surface area contributed by atoms with Crippen LogP contribution in [0.2, 0.25) is 0 Å². The number of hydrogen-bond donors (Lipinski definition) is 0. The van der Waals surface area contributed by atoms with Gasteiger partial charge in [0.1, 0.15) is 0 Å². The monoisotopic (exact) mass is 329 g/mol. The lowest BCUT2D eigenvalue weighted by atomic mass is 9.85. The summed E-state index contributed by atoms with van der Waals surface area (Å²) in [6, 6.07) is 17.8. The normalized spacial score (nSPS) is 19.2. The Morgan fingerprint density at radius 1 is 0.958 bits per heavy atom. The first-order valence-corrected chi connectivity index (χ1v) is 9.30. The fourth-order valence-electron chi connectivity index (χ4n) is 4.32. The molecular weight excluding hydrogens is 310 g/mol. The van der Waals surface area contributed by atoms with Gasteiger partial charge in [-0.2, -0.15) is 0 Å². The Morgan fingerprint density at radius 2 is 1.79 bits per heavy atom. The Hall–Kier alpha value is -2.06. The average molecular weight is 329 g/mol. The Labute approximate surface area is 147 Å². The van der Waals surface area contributed by atoms with Gasteiger partial charge in [-0.05, 0) is 48.2 Å². The van der Waals surface area contributed by atoms with Gasteiger partial charge < -0.3 is 0 Å². The predicted molar refractivity (Wildman–Crippen MR) is 102 cm³/mol. The van der Waals surface area contributed by atoms with Crippen LogP contribution in [-0.4, -0.2) is 4.98 Å². The van der Waals surface area contributed by atoms with Crippen LogP contribution in [0.4, 0.5) is 0 Å². The standard InChI is InChI=1S/C22H19NS/c1-13-14-8-6-12-23-21(14)16-10-11-18-20(19(13)16)15-7-4-5-9-17(15)22(2,3)24-18/h4-13H,1-3H3. The second-order valence-electron chi connectivity index (χ2n) is 7.22. The van der Waals surface area contributed by atoms with E-state index >= 15 is 0 Å². The Bertz CT molecular complexity index is 987. The van der Waals surface area contributed by atoms with Crippen molar-refractivity contribution in [3.05, 3.63) is 71.4 Å². The molecule has 1 atom stereocenters. The van der Waals surface area contributed by atoms with E-state index < -0.39 is 0 Å². The molecule has 2 heterocycles. The van der Waals surface area contributed by atoms with Crippen LogP contribution in [0.3, 0.4) is 0 Å². The topological polar surface area (TPSA) is 12.9 Å². The SMILES string of the molecule is CC1c2cccnc2-c2ccc3c(c21)-c1ccccc1C(C)(C)S3. The highest BCUT2D eigenvalue weighted by molar-refractivity contribution is 8.00. The van der Waals surface area contributed by atoms with Crippen molar-refractivity contribution in [1.29, 1.82) is 0 Å². The molecule has 2 aliphatic rings. The zero-order chi connectivity index (χ0) is 16.5. The maximum Gasteiger partial charge on any atom is 0.0743 e. The summed E-state index contributed by atoms with van der Waals surface area (Å²) in [5.74, 6) is 0.397. The number of aromatic nitrogens is 1. The van der Waals surface area contributed by atoms with Crippen LogP contribution in [0, 0.1) is 0 Å². The minimum absolute atomic E-state index is 0.102. The van der Waals surface area contributed by atoms with Crippen molar-refractivity contribution in [2.75, 3.05) is 0 Å². The molecule has 0 saturated heterocycles. The molecule has 0 spiro atoms. The Morgan fingerprint density at radius 3 is 2.67 bits per heavy atom. The van der Waals surface area contributed by atoms with Crippen LogP contribution in [0.15, 0.2) is 59.6 Å². The van der Waals surface area contributed by atoms with Crippen LogP contribution >= 0.6 is 11.8 Å². The molecule has 5 rings (SSSR count). The molecule has 1 nitrogen and oxygen atoms in total. The molecule has 1 unspecified atom stereocenters. The summed E-state index contributed by atoms with van der Waals surface area (Å²) < 4.78 is 0.102. The van der Waals surface area contributed by atoms with Gasteiger partial charge in [0.05, 0.1) is 5.69 Å². The van der Waals surface area contributed by atoms with E-state index in [9.17, 15) is 0 Å². The van der Waals surface area contributed by atoms with Gasteiger partial charge in [-0.15, -0.1) is 11.8 Å². The van der Waals surface area contributed by atoms with E-state index in [-0.39, 0.29) is 4.75 Å². The molecule has 0 N–H and O–H groups in total.